The van der Waals surface area contributed by atoms with Gasteiger partial charge in [0.1, 0.15) is 0 Å². The summed E-state index contributed by atoms with van der Waals surface area (Å²) in [6, 6.07) is 9.01. The molecule has 0 saturated carbocycles. The SMILES string of the molecule is CCC(C(=O)O)C(O)c1ccc2ncccc2c1. The standard InChI is InChI=1S/C14H15NO3/c1-2-11(14(17)18)13(16)10-5-6-12-9(8-10)4-3-7-15-12/h3-8,11,13,16H,2H2,1H3,(H,17,18). The summed E-state index contributed by atoms with van der Waals surface area (Å²) < 4.78 is 0. The number of fused-ring (bicyclic) bond motifs is 1. The van der Waals surface area contributed by atoms with Gasteiger partial charge in [-0.15, -0.1) is 0 Å². The fraction of sp³-hybridized carbons (Fsp3) is 0.286. The Morgan fingerprint density at radius 3 is 2.83 bits per heavy atom. The van der Waals surface area contributed by atoms with Crippen molar-refractivity contribution in [3.63, 3.8) is 0 Å². The summed E-state index contributed by atoms with van der Waals surface area (Å²) in [6.45, 7) is 1.75. The maximum Gasteiger partial charge on any atom is 0.309 e. The Balaban J connectivity index is 2.38. The molecule has 4 heteroatoms. The molecule has 0 saturated heterocycles. The molecule has 18 heavy (non-hydrogen) atoms. The molecule has 4 nitrogen and oxygen atoms in total. The van der Waals surface area contributed by atoms with E-state index < -0.39 is 18.0 Å². The topological polar surface area (TPSA) is 70.4 Å². The first-order valence-electron chi connectivity index (χ1n) is 5.89. The van der Waals surface area contributed by atoms with Crippen LogP contribution in [0.5, 0.6) is 0 Å². The number of pyridine rings is 1. The van der Waals surface area contributed by atoms with Crippen molar-refractivity contribution in [1.29, 1.82) is 0 Å². The predicted molar refractivity (Wildman–Crippen MR) is 68.1 cm³/mol. The van der Waals surface area contributed by atoms with E-state index in [0.717, 1.165) is 10.9 Å². The van der Waals surface area contributed by atoms with Gasteiger partial charge in [-0.1, -0.05) is 19.1 Å². The smallest absolute Gasteiger partial charge is 0.309 e. The highest BCUT2D eigenvalue weighted by molar-refractivity contribution is 5.79. The van der Waals surface area contributed by atoms with E-state index in [4.69, 9.17) is 5.11 Å². The summed E-state index contributed by atoms with van der Waals surface area (Å²) in [6.07, 6.45) is 1.10. The molecular formula is C14H15NO3. The molecule has 1 heterocycles. The van der Waals surface area contributed by atoms with Crippen molar-refractivity contribution in [3.8, 4) is 0 Å². The molecule has 0 fully saturated rings. The van der Waals surface area contributed by atoms with Gasteiger partial charge in [0, 0.05) is 11.6 Å². The molecule has 0 aliphatic rings. The number of hydrogen-bond acceptors (Lipinski definition) is 3. The molecule has 0 aliphatic carbocycles. The highest BCUT2D eigenvalue weighted by atomic mass is 16.4. The van der Waals surface area contributed by atoms with Crippen molar-refractivity contribution < 1.29 is 15.0 Å². The number of nitrogens with zero attached hydrogens (tertiary/aromatic N) is 1. The predicted octanol–water partition coefficient (Wildman–Crippen LogP) is 2.38. The number of aliphatic hydroxyl groups excluding tert-OH is 1. The fourth-order valence-corrected chi connectivity index (χ4v) is 2.04. The van der Waals surface area contributed by atoms with Gasteiger partial charge in [-0.2, -0.15) is 0 Å². The first-order valence-corrected chi connectivity index (χ1v) is 5.89. The lowest BCUT2D eigenvalue weighted by atomic mass is 9.93. The molecule has 2 N–H and O–H groups in total. The van der Waals surface area contributed by atoms with E-state index in [-0.39, 0.29) is 0 Å². The third-order valence-corrected chi connectivity index (χ3v) is 3.11. The Morgan fingerprint density at radius 1 is 1.39 bits per heavy atom. The van der Waals surface area contributed by atoms with Crippen molar-refractivity contribution in [2.45, 2.75) is 19.4 Å². The zero-order chi connectivity index (χ0) is 13.1. The molecule has 94 valence electrons. The number of benzene rings is 1. The summed E-state index contributed by atoms with van der Waals surface area (Å²) >= 11 is 0. The summed E-state index contributed by atoms with van der Waals surface area (Å²) in [5.74, 6) is -1.75. The first kappa shape index (κ1) is 12.5. The van der Waals surface area contributed by atoms with Gasteiger partial charge in [0.25, 0.3) is 0 Å². The van der Waals surface area contributed by atoms with Crippen molar-refractivity contribution in [1.82, 2.24) is 4.98 Å². The van der Waals surface area contributed by atoms with E-state index in [1.165, 1.54) is 0 Å². The average Bonchev–Trinajstić information content (AvgIpc) is 2.38. The third-order valence-electron chi connectivity index (χ3n) is 3.11. The summed E-state index contributed by atoms with van der Waals surface area (Å²) in [5, 5.41) is 20.1. The van der Waals surface area contributed by atoms with Gasteiger partial charge in [0.2, 0.25) is 0 Å². The van der Waals surface area contributed by atoms with Crippen molar-refractivity contribution in [2.75, 3.05) is 0 Å². The van der Waals surface area contributed by atoms with Gasteiger partial charge in [0.05, 0.1) is 17.5 Å². The van der Waals surface area contributed by atoms with Crippen LogP contribution in [0.25, 0.3) is 10.9 Å². The molecule has 0 radical (unpaired) electrons. The van der Waals surface area contributed by atoms with E-state index in [2.05, 4.69) is 4.98 Å². The fourth-order valence-electron chi connectivity index (χ4n) is 2.04. The van der Waals surface area contributed by atoms with Crippen LogP contribution in [-0.2, 0) is 4.79 Å². The van der Waals surface area contributed by atoms with Crippen LogP contribution >= 0.6 is 0 Å². The Kier molecular flexibility index (Phi) is 3.58. The maximum atomic E-state index is 11.0. The van der Waals surface area contributed by atoms with E-state index in [0.29, 0.717) is 12.0 Å². The monoisotopic (exact) mass is 245 g/mol. The minimum atomic E-state index is -0.989. The summed E-state index contributed by atoms with van der Waals surface area (Å²) in [7, 11) is 0. The highest BCUT2D eigenvalue weighted by Gasteiger charge is 2.25. The lowest BCUT2D eigenvalue weighted by molar-refractivity contribution is -0.146. The van der Waals surface area contributed by atoms with E-state index in [1.54, 1.807) is 31.3 Å². The van der Waals surface area contributed by atoms with E-state index >= 15 is 0 Å². The zero-order valence-corrected chi connectivity index (χ0v) is 10.1. The molecule has 2 unspecified atom stereocenters. The number of aliphatic carboxylic acids is 1. The number of aliphatic hydroxyl groups is 1. The zero-order valence-electron chi connectivity index (χ0n) is 10.1. The number of carboxylic acids is 1. The van der Waals surface area contributed by atoms with Crippen LogP contribution in [0.1, 0.15) is 25.0 Å². The molecule has 1 aromatic carbocycles. The van der Waals surface area contributed by atoms with Gasteiger partial charge < -0.3 is 10.2 Å². The second-order valence-electron chi connectivity index (χ2n) is 4.25. The van der Waals surface area contributed by atoms with Gasteiger partial charge >= 0.3 is 5.97 Å². The number of rotatable bonds is 4. The van der Waals surface area contributed by atoms with Crippen LogP contribution in [0.2, 0.25) is 0 Å². The molecule has 2 aromatic rings. The Bertz CT molecular complexity index is 568. The first-order chi connectivity index (χ1) is 8.63. The molecule has 0 bridgehead atoms. The summed E-state index contributed by atoms with van der Waals surface area (Å²) in [5.41, 5.74) is 1.45. The number of aromatic nitrogens is 1. The molecule has 2 rings (SSSR count). The lowest BCUT2D eigenvalue weighted by Crippen LogP contribution is -2.21. The van der Waals surface area contributed by atoms with Crippen LogP contribution < -0.4 is 0 Å². The van der Waals surface area contributed by atoms with E-state index in [1.807, 2.05) is 12.1 Å². The van der Waals surface area contributed by atoms with Gasteiger partial charge in [0.15, 0.2) is 0 Å². The van der Waals surface area contributed by atoms with Gasteiger partial charge in [-0.3, -0.25) is 9.78 Å². The highest BCUT2D eigenvalue weighted by Crippen LogP contribution is 2.27. The molecule has 2 atom stereocenters. The minimum absolute atomic E-state index is 0.390. The van der Waals surface area contributed by atoms with Crippen molar-refractivity contribution >= 4 is 16.9 Å². The van der Waals surface area contributed by atoms with Crippen LogP contribution in [0, 0.1) is 5.92 Å². The Hall–Kier alpha value is -1.94. The van der Waals surface area contributed by atoms with Crippen molar-refractivity contribution in [3.05, 3.63) is 42.1 Å². The quantitative estimate of drug-likeness (QED) is 0.867. The van der Waals surface area contributed by atoms with E-state index in [9.17, 15) is 9.90 Å². The molecule has 0 aliphatic heterocycles. The summed E-state index contributed by atoms with van der Waals surface area (Å²) in [4.78, 5) is 15.2. The molecule has 1 aromatic heterocycles. The minimum Gasteiger partial charge on any atom is -0.481 e. The number of carbonyl (C=O) groups is 1. The Morgan fingerprint density at radius 2 is 2.17 bits per heavy atom. The molecule has 0 spiro atoms. The average molecular weight is 245 g/mol. The van der Waals surface area contributed by atoms with Gasteiger partial charge in [-0.05, 0) is 30.2 Å². The van der Waals surface area contributed by atoms with Crippen LogP contribution in [-0.4, -0.2) is 21.2 Å². The van der Waals surface area contributed by atoms with Gasteiger partial charge in [-0.25, -0.2) is 0 Å². The van der Waals surface area contributed by atoms with Crippen LogP contribution in [0.4, 0.5) is 0 Å². The lowest BCUT2D eigenvalue weighted by Gasteiger charge is -2.18. The molecular weight excluding hydrogens is 230 g/mol. The van der Waals surface area contributed by atoms with Crippen LogP contribution in [0.15, 0.2) is 36.5 Å². The van der Waals surface area contributed by atoms with Crippen LogP contribution in [0.3, 0.4) is 0 Å². The second-order valence-corrected chi connectivity index (χ2v) is 4.25. The second kappa shape index (κ2) is 5.14. The molecule has 0 amide bonds. The number of hydrogen-bond donors (Lipinski definition) is 2. The maximum absolute atomic E-state index is 11.0. The van der Waals surface area contributed by atoms with Crippen molar-refractivity contribution in [2.24, 2.45) is 5.92 Å². The Labute approximate surface area is 105 Å². The normalized spacial score (nSPS) is 14.3. The largest absolute Gasteiger partial charge is 0.481 e. The number of carboxylic acid groups (broad SMARTS) is 1. The third kappa shape index (κ3) is 2.33.